The van der Waals surface area contributed by atoms with E-state index >= 15 is 0 Å². The Labute approximate surface area is 127 Å². The highest BCUT2D eigenvalue weighted by molar-refractivity contribution is 5.82. The minimum Gasteiger partial charge on any atom is -0.392 e. The number of benzene rings is 1. The fourth-order valence-corrected chi connectivity index (χ4v) is 3.27. The van der Waals surface area contributed by atoms with E-state index in [4.69, 9.17) is 4.52 Å². The van der Waals surface area contributed by atoms with Crippen LogP contribution in [0.15, 0.2) is 35.0 Å². The molecule has 6 heteroatoms. The second-order valence-electron chi connectivity index (χ2n) is 5.87. The maximum atomic E-state index is 10.1. The van der Waals surface area contributed by atoms with Crippen LogP contribution in [0, 0.1) is 6.92 Å². The fourth-order valence-electron chi connectivity index (χ4n) is 3.27. The van der Waals surface area contributed by atoms with E-state index in [1.54, 1.807) is 0 Å². The number of fused-ring (bicyclic) bond motifs is 1. The van der Waals surface area contributed by atoms with E-state index in [9.17, 15) is 5.11 Å². The Balaban J connectivity index is 1.64. The van der Waals surface area contributed by atoms with Crippen LogP contribution in [0.4, 0.5) is 0 Å². The molecule has 0 spiro atoms. The Hall–Kier alpha value is -2.18. The summed E-state index contributed by atoms with van der Waals surface area (Å²) in [6.07, 6.45) is 2.22. The molecule has 0 aliphatic carbocycles. The summed E-state index contributed by atoms with van der Waals surface area (Å²) in [5.41, 5.74) is 2.36. The predicted octanol–water partition coefficient (Wildman–Crippen LogP) is 2.17. The average Bonchev–Trinajstić information content (AvgIpc) is 3.19. The lowest BCUT2D eigenvalue weighted by atomic mass is 10.1. The Morgan fingerprint density at radius 1 is 1.41 bits per heavy atom. The molecule has 2 N–H and O–H groups in total. The topological polar surface area (TPSA) is 78.2 Å². The molecule has 2 aromatic heterocycles. The SMILES string of the molecule is Cc1noc([C@H]2C[C@@H](O)CN2Cc2cccc3[nH]ccc23)n1. The molecular formula is C16H18N4O2. The van der Waals surface area contributed by atoms with Crippen molar-refractivity contribution in [2.24, 2.45) is 0 Å². The summed E-state index contributed by atoms with van der Waals surface area (Å²) >= 11 is 0. The molecule has 1 aromatic carbocycles. The van der Waals surface area contributed by atoms with Crippen LogP contribution in [0.3, 0.4) is 0 Å². The molecule has 0 radical (unpaired) electrons. The fraction of sp³-hybridized carbons (Fsp3) is 0.375. The van der Waals surface area contributed by atoms with E-state index < -0.39 is 0 Å². The van der Waals surface area contributed by atoms with E-state index in [0.717, 1.165) is 12.1 Å². The number of aromatic amines is 1. The lowest BCUT2D eigenvalue weighted by Crippen LogP contribution is -2.24. The van der Waals surface area contributed by atoms with E-state index in [1.165, 1.54) is 10.9 Å². The number of hydrogen-bond donors (Lipinski definition) is 2. The van der Waals surface area contributed by atoms with Gasteiger partial charge in [0, 0.05) is 30.2 Å². The number of aryl methyl sites for hydroxylation is 1. The molecule has 1 aliphatic rings. The van der Waals surface area contributed by atoms with Crippen molar-refractivity contribution in [1.82, 2.24) is 20.0 Å². The van der Waals surface area contributed by atoms with Gasteiger partial charge in [-0.15, -0.1) is 0 Å². The van der Waals surface area contributed by atoms with Gasteiger partial charge in [0.05, 0.1) is 12.1 Å². The van der Waals surface area contributed by atoms with Crippen LogP contribution in [0.25, 0.3) is 10.9 Å². The zero-order valence-corrected chi connectivity index (χ0v) is 12.4. The normalized spacial score (nSPS) is 22.6. The number of aliphatic hydroxyl groups excluding tert-OH is 1. The first-order chi connectivity index (χ1) is 10.7. The van der Waals surface area contributed by atoms with Gasteiger partial charge in [0.1, 0.15) is 0 Å². The molecule has 1 fully saturated rings. The summed E-state index contributed by atoms with van der Waals surface area (Å²) < 4.78 is 5.32. The number of rotatable bonds is 3. The van der Waals surface area contributed by atoms with Crippen LogP contribution in [0.1, 0.15) is 29.7 Å². The first-order valence-electron chi connectivity index (χ1n) is 7.48. The summed E-state index contributed by atoms with van der Waals surface area (Å²) in [4.78, 5) is 9.77. The lowest BCUT2D eigenvalue weighted by molar-refractivity contribution is 0.169. The maximum absolute atomic E-state index is 10.1. The molecule has 0 unspecified atom stereocenters. The lowest BCUT2D eigenvalue weighted by Gasteiger charge is -2.21. The molecule has 3 aromatic rings. The zero-order chi connectivity index (χ0) is 15.1. The van der Waals surface area contributed by atoms with Gasteiger partial charge in [-0.25, -0.2) is 0 Å². The molecule has 22 heavy (non-hydrogen) atoms. The monoisotopic (exact) mass is 298 g/mol. The minimum atomic E-state index is -0.359. The van der Waals surface area contributed by atoms with Crippen molar-refractivity contribution in [1.29, 1.82) is 0 Å². The van der Waals surface area contributed by atoms with Crippen LogP contribution in [-0.4, -0.2) is 37.8 Å². The Morgan fingerprint density at radius 3 is 3.14 bits per heavy atom. The molecule has 1 saturated heterocycles. The largest absolute Gasteiger partial charge is 0.392 e. The number of nitrogens with zero attached hydrogens (tertiary/aromatic N) is 3. The molecular weight excluding hydrogens is 280 g/mol. The Kier molecular flexibility index (Phi) is 3.20. The molecule has 1 aliphatic heterocycles. The van der Waals surface area contributed by atoms with Crippen LogP contribution in [0.5, 0.6) is 0 Å². The van der Waals surface area contributed by atoms with Gasteiger partial charge in [-0.3, -0.25) is 4.90 Å². The number of likely N-dealkylation sites (tertiary alicyclic amines) is 1. The van der Waals surface area contributed by atoms with Gasteiger partial charge in [0.25, 0.3) is 0 Å². The quantitative estimate of drug-likeness (QED) is 0.775. The molecule has 2 atom stereocenters. The van der Waals surface area contributed by atoms with Gasteiger partial charge < -0.3 is 14.6 Å². The van der Waals surface area contributed by atoms with Gasteiger partial charge >= 0.3 is 0 Å². The van der Waals surface area contributed by atoms with E-state index in [-0.39, 0.29) is 12.1 Å². The molecule has 6 nitrogen and oxygen atoms in total. The predicted molar refractivity (Wildman–Crippen MR) is 81.1 cm³/mol. The number of aromatic nitrogens is 3. The maximum Gasteiger partial charge on any atom is 0.244 e. The summed E-state index contributed by atoms with van der Waals surface area (Å²) in [7, 11) is 0. The molecule has 4 rings (SSSR count). The standard InChI is InChI=1S/C16H18N4O2/c1-10-18-16(22-19-10)15-7-12(21)9-20(15)8-11-3-2-4-14-13(11)5-6-17-14/h2-6,12,15,17,21H,7-9H2,1H3/t12-,15-/m1/s1. The van der Waals surface area contributed by atoms with Crippen LogP contribution < -0.4 is 0 Å². The number of aliphatic hydroxyl groups is 1. The molecule has 0 bridgehead atoms. The van der Waals surface area contributed by atoms with E-state index in [2.05, 4.69) is 38.2 Å². The zero-order valence-electron chi connectivity index (χ0n) is 12.4. The highest BCUT2D eigenvalue weighted by atomic mass is 16.5. The van der Waals surface area contributed by atoms with Crippen molar-refractivity contribution in [3.8, 4) is 0 Å². The smallest absolute Gasteiger partial charge is 0.244 e. The summed E-state index contributed by atoms with van der Waals surface area (Å²) in [5.74, 6) is 1.22. The highest BCUT2D eigenvalue weighted by Gasteiger charge is 2.35. The number of H-pyrrole nitrogens is 1. The van der Waals surface area contributed by atoms with Crippen molar-refractivity contribution >= 4 is 10.9 Å². The van der Waals surface area contributed by atoms with Gasteiger partial charge in [0.15, 0.2) is 5.82 Å². The number of nitrogens with one attached hydrogen (secondary N) is 1. The summed E-state index contributed by atoms with van der Waals surface area (Å²) in [5, 5.41) is 15.1. The third kappa shape index (κ3) is 2.30. The van der Waals surface area contributed by atoms with Crippen molar-refractivity contribution < 1.29 is 9.63 Å². The Morgan fingerprint density at radius 2 is 2.32 bits per heavy atom. The average molecular weight is 298 g/mol. The molecule has 0 saturated carbocycles. The molecule has 3 heterocycles. The molecule has 0 amide bonds. The van der Waals surface area contributed by atoms with Gasteiger partial charge in [-0.2, -0.15) is 4.98 Å². The second-order valence-corrected chi connectivity index (χ2v) is 5.87. The van der Waals surface area contributed by atoms with Crippen molar-refractivity contribution in [3.63, 3.8) is 0 Å². The van der Waals surface area contributed by atoms with E-state index in [0.29, 0.717) is 24.7 Å². The van der Waals surface area contributed by atoms with Crippen LogP contribution in [0.2, 0.25) is 0 Å². The van der Waals surface area contributed by atoms with Crippen molar-refractivity contribution in [2.75, 3.05) is 6.54 Å². The van der Waals surface area contributed by atoms with Gasteiger partial charge in [0.2, 0.25) is 5.89 Å². The number of β-amino-alcohol motifs (C(OH)–C–C–N with tert-alkyl or cyclic N) is 1. The third-order valence-corrected chi connectivity index (χ3v) is 4.27. The number of hydrogen-bond acceptors (Lipinski definition) is 5. The van der Waals surface area contributed by atoms with Crippen molar-refractivity contribution in [3.05, 3.63) is 47.7 Å². The van der Waals surface area contributed by atoms with Gasteiger partial charge in [-0.1, -0.05) is 17.3 Å². The summed E-state index contributed by atoms with van der Waals surface area (Å²) in [6, 6.07) is 8.30. The van der Waals surface area contributed by atoms with Crippen molar-refractivity contribution in [2.45, 2.75) is 32.0 Å². The van der Waals surface area contributed by atoms with Gasteiger partial charge in [-0.05, 0) is 31.0 Å². The Bertz CT molecular complexity index is 794. The highest BCUT2D eigenvalue weighted by Crippen LogP contribution is 2.33. The summed E-state index contributed by atoms with van der Waals surface area (Å²) in [6.45, 7) is 3.18. The first-order valence-corrected chi connectivity index (χ1v) is 7.48. The van der Waals surface area contributed by atoms with E-state index in [1.807, 2.05) is 19.2 Å². The first kappa shape index (κ1) is 13.5. The second kappa shape index (κ2) is 5.23. The van der Waals surface area contributed by atoms with Crippen LogP contribution in [-0.2, 0) is 6.54 Å². The molecule has 114 valence electrons. The van der Waals surface area contributed by atoms with Crippen LogP contribution >= 0.6 is 0 Å². The third-order valence-electron chi connectivity index (χ3n) is 4.27. The minimum absolute atomic E-state index is 0.0228.